The Labute approximate surface area is 128 Å². The number of nitrogens with one attached hydrogen (secondary N) is 1. The fraction of sp³-hybridized carbons (Fsp3) is 0.562. The predicted octanol–water partition coefficient (Wildman–Crippen LogP) is 2.80. The van der Waals surface area contributed by atoms with E-state index in [4.69, 9.17) is 5.73 Å². The highest BCUT2D eigenvalue weighted by atomic mass is 35.5. The Hall–Kier alpha value is -1.06. The van der Waals surface area contributed by atoms with Crippen LogP contribution >= 0.6 is 12.4 Å². The zero-order valence-electron chi connectivity index (χ0n) is 12.9. The topological polar surface area (TPSA) is 55.1 Å². The van der Waals surface area contributed by atoms with Crippen molar-refractivity contribution in [1.82, 2.24) is 5.32 Å². The molecule has 0 saturated heterocycles. The van der Waals surface area contributed by atoms with Crippen molar-refractivity contribution in [3.63, 3.8) is 0 Å². The van der Waals surface area contributed by atoms with Gasteiger partial charge >= 0.3 is 0 Å². The first-order chi connectivity index (χ1) is 8.85. The lowest BCUT2D eigenvalue weighted by Gasteiger charge is -2.26. The molecular formula is C16H27ClN2O. The van der Waals surface area contributed by atoms with Crippen LogP contribution in [-0.4, -0.2) is 18.5 Å². The van der Waals surface area contributed by atoms with Crippen molar-refractivity contribution in [1.29, 1.82) is 0 Å². The van der Waals surface area contributed by atoms with Crippen LogP contribution in [-0.2, 0) is 16.6 Å². The van der Waals surface area contributed by atoms with Crippen LogP contribution < -0.4 is 11.1 Å². The lowest BCUT2D eigenvalue weighted by molar-refractivity contribution is -0.121. The van der Waals surface area contributed by atoms with Gasteiger partial charge in [-0.2, -0.15) is 0 Å². The largest absolute Gasteiger partial charge is 0.355 e. The van der Waals surface area contributed by atoms with Gasteiger partial charge in [-0.1, -0.05) is 45.0 Å². The van der Waals surface area contributed by atoms with Gasteiger partial charge in [0.2, 0.25) is 5.91 Å². The third-order valence-corrected chi connectivity index (χ3v) is 3.38. The molecule has 20 heavy (non-hydrogen) atoms. The fourth-order valence-electron chi connectivity index (χ4n) is 1.98. The highest BCUT2D eigenvalue weighted by Gasteiger charge is 2.21. The van der Waals surface area contributed by atoms with Crippen molar-refractivity contribution in [2.75, 3.05) is 6.54 Å². The van der Waals surface area contributed by atoms with E-state index < -0.39 is 0 Å². The molecule has 1 unspecified atom stereocenters. The summed E-state index contributed by atoms with van der Waals surface area (Å²) in [5.74, 6) is 0.0215. The molecule has 1 amide bonds. The summed E-state index contributed by atoms with van der Waals surface area (Å²) >= 11 is 0. The van der Waals surface area contributed by atoms with Gasteiger partial charge in [0.25, 0.3) is 0 Å². The number of hydrogen-bond acceptors (Lipinski definition) is 2. The molecule has 0 bridgehead atoms. The molecule has 0 aliphatic carbocycles. The second-order valence-electron chi connectivity index (χ2n) is 5.89. The van der Waals surface area contributed by atoms with Crippen LogP contribution in [0.3, 0.4) is 0 Å². The molecule has 1 aromatic carbocycles. The third-order valence-electron chi connectivity index (χ3n) is 3.38. The first kappa shape index (κ1) is 18.9. The summed E-state index contributed by atoms with van der Waals surface area (Å²) in [6, 6.07) is 8.52. The minimum absolute atomic E-state index is 0. The molecule has 3 N–H and O–H groups in total. The van der Waals surface area contributed by atoms with Gasteiger partial charge in [0.1, 0.15) is 0 Å². The molecule has 0 radical (unpaired) electrons. The van der Waals surface area contributed by atoms with Gasteiger partial charge in [0.05, 0.1) is 0 Å². The van der Waals surface area contributed by atoms with E-state index in [0.717, 1.165) is 6.42 Å². The maximum atomic E-state index is 11.6. The fourth-order valence-corrected chi connectivity index (χ4v) is 1.98. The molecule has 114 valence electrons. The first-order valence-electron chi connectivity index (χ1n) is 6.97. The molecule has 4 heteroatoms. The molecule has 0 aromatic heterocycles. The first-order valence-corrected chi connectivity index (χ1v) is 6.97. The normalized spacial score (nSPS) is 12.4. The summed E-state index contributed by atoms with van der Waals surface area (Å²) in [6.07, 6.45) is 1.43. The van der Waals surface area contributed by atoms with Gasteiger partial charge < -0.3 is 11.1 Å². The van der Waals surface area contributed by atoms with Crippen LogP contribution in [0, 0.1) is 0 Å². The molecule has 1 aromatic rings. The van der Waals surface area contributed by atoms with E-state index in [1.807, 2.05) is 6.92 Å². The van der Waals surface area contributed by atoms with Gasteiger partial charge in [-0.3, -0.25) is 4.79 Å². The standard InChI is InChI=1S/C16H26N2O.ClH/c1-5-13-6-8-14(9-7-13)16(3,4)11-18-15(19)10-12(2)17;/h6-9,12H,5,10-11,17H2,1-4H3,(H,18,19);1H. The van der Waals surface area contributed by atoms with Gasteiger partial charge in [-0.25, -0.2) is 0 Å². The number of hydrogen-bond donors (Lipinski definition) is 2. The maximum Gasteiger partial charge on any atom is 0.221 e. The number of benzene rings is 1. The van der Waals surface area contributed by atoms with E-state index in [-0.39, 0.29) is 29.8 Å². The number of rotatable bonds is 6. The molecule has 1 rings (SSSR count). The summed E-state index contributed by atoms with van der Waals surface area (Å²) in [5.41, 5.74) is 8.12. The van der Waals surface area contributed by atoms with Crippen molar-refractivity contribution >= 4 is 18.3 Å². The van der Waals surface area contributed by atoms with Crippen molar-refractivity contribution in [3.05, 3.63) is 35.4 Å². The Kier molecular flexibility index (Phi) is 7.84. The summed E-state index contributed by atoms with van der Waals surface area (Å²) in [4.78, 5) is 11.6. The van der Waals surface area contributed by atoms with Gasteiger partial charge in [-0.05, 0) is 24.5 Å². The molecule has 3 nitrogen and oxygen atoms in total. The quantitative estimate of drug-likeness (QED) is 0.848. The number of carbonyl (C=O) groups is 1. The van der Waals surface area contributed by atoms with E-state index in [1.165, 1.54) is 11.1 Å². The van der Waals surface area contributed by atoms with Crippen molar-refractivity contribution in [2.24, 2.45) is 5.73 Å². The zero-order valence-corrected chi connectivity index (χ0v) is 13.7. The second kappa shape index (κ2) is 8.28. The molecular weight excluding hydrogens is 272 g/mol. The lowest BCUT2D eigenvalue weighted by Crippen LogP contribution is -2.38. The Morgan fingerprint density at radius 1 is 1.30 bits per heavy atom. The van der Waals surface area contributed by atoms with Crippen LogP contribution in [0.15, 0.2) is 24.3 Å². The number of halogens is 1. The summed E-state index contributed by atoms with van der Waals surface area (Å²) in [5, 5.41) is 2.96. The van der Waals surface area contributed by atoms with Crippen molar-refractivity contribution in [3.8, 4) is 0 Å². The second-order valence-corrected chi connectivity index (χ2v) is 5.89. The SMILES string of the molecule is CCc1ccc(C(C)(C)CNC(=O)CC(C)N)cc1.Cl. The zero-order chi connectivity index (χ0) is 14.5. The minimum atomic E-state index is -0.0908. The highest BCUT2D eigenvalue weighted by Crippen LogP contribution is 2.22. The lowest BCUT2D eigenvalue weighted by atomic mass is 9.84. The van der Waals surface area contributed by atoms with Gasteiger partial charge in [-0.15, -0.1) is 12.4 Å². The van der Waals surface area contributed by atoms with Gasteiger partial charge in [0, 0.05) is 24.4 Å². The van der Waals surface area contributed by atoms with Crippen LogP contribution in [0.25, 0.3) is 0 Å². The van der Waals surface area contributed by atoms with E-state index >= 15 is 0 Å². The van der Waals surface area contributed by atoms with Crippen LogP contribution in [0.2, 0.25) is 0 Å². The number of aryl methyl sites for hydroxylation is 1. The van der Waals surface area contributed by atoms with Crippen molar-refractivity contribution < 1.29 is 4.79 Å². The Morgan fingerprint density at radius 3 is 2.30 bits per heavy atom. The van der Waals surface area contributed by atoms with E-state index in [9.17, 15) is 4.79 Å². The Morgan fingerprint density at radius 2 is 1.85 bits per heavy atom. The van der Waals surface area contributed by atoms with E-state index in [1.54, 1.807) is 0 Å². The van der Waals surface area contributed by atoms with E-state index in [2.05, 4.69) is 50.4 Å². The smallest absolute Gasteiger partial charge is 0.221 e. The summed E-state index contributed by atoms with van der Waals surface area (Å²) in [7, 11) is 0. The van der Waals surface area contributed by atoms with Crippen LogP contribution in [0.1, 0.15) is 45.2 Å². The number of nitrogens with two attached hydrogens (primary N) is 1. The monoisotopic (exact) mass is 298 g/mol. The van der Waals surface area contributed by atoms with E-state index in [0.29, 0.717) is 13.0 Å². The third kappa shape index (κ3) is 5.93. The summed E-state index contributed by atoms with van der Waals surface area (Å²) < 4.78 is 0. The average Bonchev–Trinajstić information content (AvgIpc) is 2.36. The molecule has 0 spiro atoms. The van der Waals surface area contributed by atoms with Crippen molar-refractivity contribution in [2.45, 2.75) is 52.0 Å². The molecule has 0 saturated carbocycles. The average molecular weight is 299 g/mol. The molecule has 1 atom stereocenters. The molecule has 0 aliphatic rings. The molecule has 0 heterocycles. The molecule has 0 fully saturated rings. The highest BCUT2D eigenvalue weighted by molar-refractivity contribution is 5.85. The Balaban J connectivity index is 0.00000361. The summed E-state index contributed by atoms with van der Waals surface area (Å²) in [6.45, 7) is 8.90. The minimum Gasteiger partial charge on any atom is -0.355 e. The number of carbonyl (C=O) groups excluding carboxylic acids is 1. The predicted molar refractivity (Wildman–Crippen MR) is 87.4 cm³/mol. The maximum absolute atomic E-state index is 11.6. The van der Waals surface area contributed by atoms with Crippen LogP contribution in [0.4, 0.5) is 0 Å². The van der Waals surface area contributed by atoms with Gasteiger partial charge in [0.15, 0.2) is 0 Å². The van der Waals surface area contributed by atoms with Crippen LogP contribution in [0.5, 0.6) is 0 Å². The number of amides is 1. The molecule has 0 aliphatic heterocycles. The Bertz CT molecular complexity index is 413.